The molecule has 0 aliphatic carbocycles. The number of carboxylic acids is 1. The van der Waals surface area contributed by atoms with Crippen molar-refractivity contribution in [3.05, 3.63) is 29.8 Å². The number of aliphatic carboxylic acids is 1. The minimum absolute atomic E-state index is 0.0357. The summed E-state index contributed by atoms with van der Waals surface area (Å²) in [5.41, 5.74) is 0.416. The molecule has 0 aliphatic rings. The van der Waals surface area contributed by atoms with Crippen LogP contribution in [0.4, 0.5) is 5.69 Å². The minimum atomic E-state index is -3.51. The van der Waals surface area contributed by atoms with Crippen LogP contribution < -0.4 is 4.72 Å². The number of hydrogen-bond donors (Lipinski definition) is 2. The van der Waals surface area contributed by atoms with Crippen molar-refractivity contribution in [2.45, 2.75) is 26.7 Å². The van der Waals surface area contributed by atoms with Gasteiger partial charge in [-0.15, -0.1) is 0 Å². The van der Waals surface area contributed by atoms with Crippen LogP contribution in [0.15, 0.2) is 24.3 Å². The van der Waals surface area contributed by atoms with Crippen LogP contribution in [0, 0.1) is 0 Å². The molecule has 2 N–H and O–H groups in total. The number of amides is 1. The summed E-state index contributed by atoms with van der Waals surface area (Å²) in [6.07, 6.45) is 0.300. The molecule has 0 unspecified atom stereocenters. The maximum Gasteiger partial charge on any atom is 0.305 e. The minimum Gasteiger partial charge on any atom is -0.481 e. The second-order valence-corrected chi connectivity index (χ2v) is 6.84. The molecule has 0 atom stereocenters. The molecule has 0 aromatic heterocycles. The van der Waals surface area contributed by atoms with Gasteiger partial charge in [0.05, 0.1) is 23.4 Å². The Bertz CT molecular complexity index is 658. The molecule has 1 rings (SSSR count). The van der Waals surface area contributed by atoms with Crippen molar-refractivity contribution >= 4 is 27.6 Å². The molecule has 0 saturated heterocycles. The van der Waals surface area contributed by atoms with E-state index < -0.39 is 21.9 Å². The molecule has 0 spiro atoms. The van der Waals surface area contributed by atoms with Crippen LogP contribution in [0.2, 0.25) is 0 Å². The normalized spacial score (nSPS) is 11.0. The van der Waals surface area contributed by atoms with Gasteiger partial charge in [-0.3, -0.25) is 14.3 Å². The molecule has 0 fully saturated rings. The van der Waals surface area contributed by atoms with Gasteiger partial charge in [-0.1, -0.05) is 19.1 Å². The Kier molecular flexibility index (Phi) is 7.02. The van der Waals surface area contributed by atoms with Crippen molar-refractivity contribution in [3.8, 4) is 0 Å². The SMILES string of the molecule is CCCS(=O)(=O)Nc1ccccc1C(=O)N(CC)CCC(=O)O. The quantitative estimate of drug-likeness (QED) is 0.712. The lowest BCUT2D eigenvalue weighted by Crippen LogP contribution is -2.33. The first-order valence-corrected chi connectivity index (χ1v) is 9.06. The number of nitrogens with one attached hydrogen (secondary N) is 1. The number of benzene rings is 1. The molecule has 7 nitrogen and oxygen atoms in total. The van der Waals surface area contributed by atoms with Crippen LogP contribution in [0.5, 0.6) is 0 Å². The van der Waals surface area contributed by atoms with E-state index in [0.29, 0.717) is 13.0 Å². The largest absolute Gasteiger partial charge is 0.481 e. The molecule has 0 bridgehead atoms. The molecule has 0 saturated carbocycles. The summed E-state index contributed by atoms with van der Waals surface area (Å²) < 4.78 is 26.3. The summed E-state index contributed by atoms with van der Waals surface area (Å²) in [4.78, 5) is 24.6. The number of anilines is 1. The van der Waals surface area contributed by atoms with E-state index in [1.807, 2.05) is 0 Å². The standard InChI is InChI=1S/C15H22N2O5S/c1-3-11-23(21,22)16-13-8-6-5-7-12(13)15(20)17(4-2)10-9-14(18)19/h5-8,16H,3-4,9-11H2,1-2H3,(H,18,19). The van der Waals surface area contributed by atoms with Crippen LogP contribution >= 0.6 is 0 Å². The number of rotatable bonds is 9. The zero-order chi connectivity index (χ0) is 17.5. The van der Waals surface area contributed by atoms with Gasteiger partial charge in [0.2, 0.25) is 10.0 Å². The van der Waals surface area contributed by atoms with Gasteiger partial charge >= 0.3 is 5.97 Å². The fraction of sp³-hybridized carbons (Fsp3) is 0.467. The fourth-order valence-electron chi connectivity index (χ4n) is 2.05. The second kappa shape index (κ2) is 8.52. The van der Waals surface area contributed by atoms with Crippen LogP contribution in [0.1, 0.15) is 37.0 Å². The molecular weight excluding hydrogens is 320 g/mol. The summed E-state index contributed by atoms with van der Waals surface area (Å²) in [6.45, 7) is 3.90. The summed E-state index contributed by atoms with van der Waals surface area (Å²) >= 11 is 0. The Labute approximate surface area is 136 Å². The van der Waals surface area contributed by atoms with Crippen LogP contribution in [0.3, 0.4) is 0 Å². The van der Waals surface area contributed by atoms with Crippen molar-refractivity contribution in [1.29, 1.82) is 0 Å². The van der Waals surface area contributed by atoms with E-state index in [9.17, 15) is 18.0 Å². The Morgan fingerprint density at radius 1 is 1.22 bits per heavy atom. The molecule has 0 radical (unpaired) electrons. The lowest BCUT2D eigenvalue weighted by molar-refractivity contribution is -0.137. The molecule has 128 valence electrons. The number of carbonyl (C=O) groups is 2. The molecule has 1 aromatic rings. The highest BCUT2D eigenvalue weighted by Gasteiger charge is 2.20. The van der Waals surface area contributed by atoms with Crippen molar-refractivity contribution in [3.63, 3.8) is 0 Å². The van der Waals surface area contributed by atoms with E-state index in [-0.39, 0.29) is 30.0 Å². The molecule has 1 amide bonds. The molecule has 23 heavy (non-hydrogen) atoms. The lowest BCUT2D eigenvalue weighted by Gasteiger charge is -2.21. The average molecular weight is 342 g/mol. The maximum absolute atomic E-state index is 12.6. The number of nitrogens with zero attached hydrogens (tertiary/aromatic N) is 1. The number of para-hydroxylation sites is 1. The number of carbonyl (C=O) groups excluding carboxylic acids is 1. The molecule has 8 heteroatoms. The summed E-state index contributed by atoms with van der Waals surface area (Å²) in [6, 6.07) is 6.31. The van der Waals surface area contributed by atoms with E-state index in [0.717, 1.165) is 0 Å². The summed E-state index contributed by atoms with van der Waals surface area (Å²) in [7, 11) is -3.51. The molecule has 0 heterocycles. The lowest BCUT2D eigenvalue weighted by atomic mass is 10.1. The predicted molar refractivity (Wildman–Crippen MR) is 88.0 cm³/mol. The number of carboxylic acid groups (broad SMARTS) is 1. The van der Waals surface area contributed by atoms with Gasteiger partial charge in [-0.2, -0.15) is 0 Å². The summed E-state index contributed by atoms with van der Waals surface area (Å²) in [5, 5.41) is 8.75. The zero-order valence-electron chi connectivity index (χ0n) is 13.3. The van der Waals surface area contributed by atoms with Crippen molar-refractivity contribution in [1.82, 2.24) is 4.90 Å². The monoisotopic (exact) mass is 342 g/mol. The van der Waals surface area contributed by atoms with Crippen molar-refractivity contribution in [2.75, 3.05) is 23.6 Å². The highest BCUT2D eigenvalue weighted by atomic mass is 32.2. The first-order chi connectivity index (χ1) is 10.8. The van der Waals surface area contributed by atoms with E-state index in [4.69, 9.17) is 5.11 Å². The van der Waals surface area contributed by atoms with E-state index in [1.165, 1.54) is 17.0 Å². The topological polar surface area (TPSA) is 104 Å². The molecule has 0 aliphatic heterocycles. The van der Waals surface area contributed by atoms with Gasteiger partial charge in [0, 0.05) is 13.1 Å². The Morgan fingerprint density at radius 2 is 1.87 bits per heavy atom. The first-order valence-electron chi connectivity index (χ1n) is 7.41. The Balaban J connectivity index is 3.03. The third-order valence-corrected chi connectivity index (χ3v) is 4.64. The fourth-order valence-corrected chi connectivity index (χ4v) is 3.20. The van der Waals surface area contributed by atoms with Gasteiger partial charge < -0.3 is 10.0 Å². The maximum atomic E-state index is 12.6. The second-order valence-electron chi connectivity index (χ2n) is 5.00. The zero-order valence-corrected chi connectivity index (χ0v) is 14.1. The third-order valence-electron chi connectivity index (χ3n) is 3.16. The van der Waals surface area contributed by atoms with Crippen molar-refractivity contribution < 1.29 is 23.1 Å². The van der Waals surface area contributed by atoms with Gasteiger partial charge in [0.15, 0.2) is 0 Å². The predicted octanol–water partition coefficient (Wildman–Crippen LogP) is 1.78. The smallest absolute Gasteiger partial charge is 0.305 e. The van der Waals surface area contributed by atoms with Gasteiger partial charge in [-0.05, 0) is 25.5 Å². The highest BCUT2D eigenvalue weighted by molar-refractivity contribution is 7.92. The van der Waals surface area contributed by atoms with Gasteiger partial charge in [-0.25, -0.2) is 8.42 Å². The molecular formula is C15H22N2O5S. The first kappa shape index (κ1) is 19.0. The van der Waals surface area contributed by atoms with E-state index >= 15 is 0 Å². The summed E-state index contributed by atoms with van der Waals surface area (Å²) in [5.74, 6) is -1.43. The van der Waals surface area contributed by atoms with Crippen LogP contribution in [-0.4, -0.2) is 49.1 Å². The number of hydrogen-bond acceptors (Lipinski definition) is 4. The van der Waals surface area contributed by atoms with Gasteiger partial charge in [0.1, 0.15) is 0 Å². The third kappa shape index (κ3) is 5.90. The Morgan fingerprint density at radius 3 is 2.43 bits per heavy atom. The number of sulfonamides is 1. The highest BCUT2D eigenvalue weighted by Crippen LogP contribution is 2.19. The van der Waals surface area contributed by atoms with E-state index in [1.54, 1.807) is 26.0 Å². The Hall–Kier alpha value is -2.09. The van der Waals surface area contributed by atoms with E-state index in [2.05, 4.69) is 4.72 Å². The van der Waals surface area contributed by atoms with Crippen LogP contribution in [-0.2, 0) is 14.8 Å². The van der Waals surface area contributed by atoms with Gasteiger partial charge in [0.25, 0.3) is 5.91 Å². The molecule has 1 aromatic carbocycles. The average Bonchev–Trinajstić information content (AvgIpc) is 2.47. The van der Waals surface area contributed by atoms with Crippen molar-refractivity contribution in [2.24, 2.45) is 0 Å². The van der Waals surface area contributed by atoms with Crippen LogP contribution in [0.25, 0.3) is 0 Å².